The van der Waals surface area contributed by atoms with Crippen molar-refractivity contribution in [2.24, 2.45) is 11.3 Å². The highest BCUT2D eigenvalue weighted by molar-refractivity contribution is 8.76. The molecule has 1 heterocycles. The quantitative estimate of drug-likeness (QED) is 0.102. The van der Waals surface area contributed by atoms with Gasteiger partial charge in [0.2, 0.25) is 0 Å². The number of nitrogens with zero attached hydrogens (tertiary/aromatic N) is 1. The van der Waals surface area contributed by atoms with Gasteiger partial charge in [0.1, 0.15) is 16.4 Å². The van der Waals surface area contributed by atoms with Gasteiger partial charge in [-0.15, -0.1) is 23.5 Å². The van der Waals surface area contributed by atoms with Crippen LogP contribution < -0.4 is 0 Å². The minimum absolute atomic E-state index is 0.297. The van der Waals surface area contributed by atoms with E-state index in [1.165, 1.54) is 11.8 Å². The summed E-state index contributed by atoms with van der Waals surface area (Å²) < 4.78 is 4.79. The third-order valence-corrected chi connectivity index (χ3v) is 11.8. The number of thioether (sulfide) groups is 2. The molecule has 1 aromatic rings. The van der Waals surface area contributed by atoms with E-state index in [0.29, 0.717) is 18.8 Å². The van der Waals surface area contributed by atoms with Gasteiger partial charge in [0.15, 0.2) is 0 Å². The number of hydrogen-bond donors (Lipinski definition) is 1. The fraction of sp³-hybridized carbons (Fsp3) is 0.667. The molecule has 0 aromatic carbocycles. The molecule has 0 saturated heterocycles. The Balaban J connectivity index is 2.75. The van der Waals surface area contributed by atoms with Gasteiger partial charge in [0.25, 0.3) is 0 Å². The number of carbonyl (C=O) groups is 2. The van der Waals surface area contributed by atoms with E-state index in [1.54, 1.807) is 46.5 Å². The SMILES string of the molecule is CCSC(=S)C(C)(CC)SC(C)(CC(C)(C)C(C)C(=O)OCCSSc1ccccn1)C(=O)O. The van der Waals surface area contributed by atoms with E-state index in [1.807, 2.05) is 59.7 Å². The van der Waals surface area contributed by atoms with Gasteiger partial charge in [-0.3, -0.25) is 9.59 Å². The van der Waals surface area contributed by atoms with Crippen LogP contribution in [-0.2, 0) is 14.3 Å². The normalized spacial score (nSPS) is 16.2. The van der Waals surface area contributed by atoms with Gasteiger partial charge < -0.3 is 9.84 Å². The summed E-state index contributed by atoms with van der Waals surface area (Å²) in [6, 6.07) is 5.74. The summed E-state index contributed by atoms with van der Waals surface area (Å²) in [5, 5.41) is 11.1. The second-order valence-corrected chi connectivity index (χ2v) is 15.5. The maximum atomic E-state index is 12.8. The van der Waals surface area contributed by atoms with Gasteiger partial charge in [0, 0.05) is 11.9 Å². The fourth-order valence-corrected chi connectivity index (χ4v) is 8.43. The molecule has 1 N–H and O–H groups in total. The Morgan fingerprint density at radius 2 is 1.85 bits per heavy atom. The topological polar surface area (TPSA) is 76.5 Å². The highest BCUT2D eigenvalue weighted by Crippen LogP contribution is 2.49. The first-order valence-electron chi connectivity index (χ1n) is 11.3. The Hall–Kier alpha value is -0.420. The van der Waals surface area contributed by atoms with Crippen molar-refractivity contribution in [1.82, 2.24) is 4.98 Å². The van der Waals surface area contributed by atoms with E-state index >= 15 is 0 Å². The van der Waals surface area contributed by atoms with Crippen LogP contribution in [0, 0.1) is 11.3 Å². The molecule has 0 aliphatic heterocycles. The molecule has 10 heteroatoms. The smallest absolute Gasteiger partial charge is 0.319 e. The zero-order valence-electron chi connectivity index (χ0n) is 21.1. The standard InChI is InChI=1S/C24H37NO4S5/c1-8-23(6,21(30)31-9-2)34-24(7,20(27)28)16-22(4,5)17(3)19(26)29-14-15-32-33-18-12-10-11-13-25-18/h10-13,17H,8-9,14-16H2,1-7H3,(H,27,28). The molecule has 0 amide bonds. The zero-order chi connectivity index (χ0) is 26.0. The fourth-order valence-electron chi connectivity index (χ4n) is 3.34. The molecule has 0 saturated carbocycles. The molecule has 1 rings (SSSR count). The molecule has 5 nitrogen and oxygen atoms in total. The summed E-state index contributed by atoms with van der Waals surface area (Å²) in [5.41, 5.74) is -0.582. The lowest BCUT2D eigenvalue weighted by Gasteiger charge is -2.41. The first-order chi connectivity index (χ1) is 15.8. The Kier molecular flexibility index (Phi) is 13.3. The molecule has 192 valence electrons. The molecule has 3 unspecified atom stereocenters. The van der Waals surface area contributed by atoms with Gasteiger partial charge in [-0.1, -0.05) is 63.7 Å². The first-order valence-corrected chi connectivity index (χ1v) is 15.8. The van der Waals surface area contributed by atoms with Crippen LogP contribution in [0.25, 0.3) is 0 Å². The van der Waals surface area contributed by atoms with Crippen molar-refractivity contribution < 1.29 is 19.4 Å². The maximum Gasteiger partial charge on any atom is 0.319 e. The zero-order valence-corrected chi connectivity index (χ0v) is 25.2. The van der Waals surface area contributed by atoms with E-state index in [9.17, 15) is 14.7 Å². The van der Waals surface area contributed by atoms with Gasteiger partial charge in [-0.2, -0.15) is 0 Å². The van der Waals surface area contributed by atoms with Crippen LogP contribution in [0.15, 0.2) is 29.4 Å². The Bertz CT molecular complexity index is 823. The molecule has 0 fully saturated rings. The van der Waals surface area contributed by atoms with Crippen molar-refractivity contribution in [1.29, 1.82) is 0 Å². The molecule has 34 heavy (non-hydrogen) atoms. The van der Waals surface area contributed by atoms with E-state index in [4.69, 9.17) is 17.0 Å². The van der Waals surface area contributed by atoms with Gasteiger partial charge in [-0.25, -0.2) is 4.98 Å². The largest absolute Gasteiger partial charge is 0.480 e. The van der Waals surface area contributed by atoms with E-state index < -0.39 is 26.8 Å². The van der Waals surface area contributed by atoms with Crippen molar-refractivity contribution in [3.8, 4) is 0 Å². The summed E-state index contributed by atoms with van der Waals surface area (Å²) in [6.07, 6.45) is 2.79. The van der Waals surface area contributed by atoms with Crippen molar-refractivity contribution >= 4 is 73.5 Å². The van der Waals surface area contributed by atoms with Crippen LogP contribution in [-0.4, -0.2) is 53.8 Å². The predicted octanol–water partition coefficient (Wildman–Crippen LogP) is 7.24. The molecular weight excluding hydrogens is 527 g/mol. The second-order valence-electron chi connectivity index (χ2n) is 9.07. The number of ether oxygens (including phenoxy) is 1. The number of carbonyl (C=O) groups excluding carboxylic acids is 1. The summed E-state index contributed by atoms with van der Waals surface area (Å²) in [6.45, 7) is 13.8. The number of esters is 1. The molecule has 0 spiro atoms. The molecule has 0 bridgehead atoms. The number of rotatable bonds is 15. The number of aliphatic carboxylic acids is 1. The van der Waals surface area contributed by atoms with Crippen LogP contribution in [0.4, 0.5) is 0 Å². The van der Waals surface area contributed by atoms with Crippen molar-refractivity contribution in [2.45, 2.75) is 75.8 Å². The Labute approximate surface area is 226 Å². The highest BCUT2D eigenvalue weighted by atomic mass is 33.1. The number of thiocarbonyl (C=S) groups is 1. The highest BCUT2D eigenvalue weighted by Gasteiger charge is 2.48. The summed E-state index contributed by atoms with van der Waals surface area (Å²) in [4.78, 5) is 29.5. The van der Waals surface area contributed by atoms with Crippen LogP contribution in [0.5, 0.6) is 0 Å². The van der Waals surface area contributed by atoms with E-state index in [0.717, 1.165) is 21.4 Å². The molecule has 0 radical (unpaired) electrons. The van der Waals surface area contributed by atoms with Gasteiger partial charge in [-0.05, 0) is 60.8 Å². The number of carboxylic acids is 1. The average molecular weight is 564 g/mol. The Morgan fingerprint density at radius 3 is 2.38 bits per heavy atom. The lowest BCUT2D eigenvalue weighted by Crippen LogP contribution is -2.45. The summed E-state index contributed by atoms with van der Waals surface area (Å²) >= 11 is 8.64. The Morgan fingerprint density at radius 1 is 1.18 bits per heavy atom. The van der Waals surface area contributed by atoms with Crippen LogP contribution in [0.1, 0.15) is 61.3 Å². The van der Waals surface area contributed by atoms with Crippen molar-refractivity contribution in [3.05, 3.63) is 24.4 Å². The minimum Gasteiger partial charge on any atom is -0.480 e. The molecule has 0 aliphatic carbocycles. The average Bonchev–Trinajstić information content (AvgIpc) is 2.78. The van der Waals surface area contributed by atoms with Crippen molar-refractivity contribution in [2.75, 3.05) is 18.1 Å². The predicted molar refractivity (Wildman–Crippen MR) is 154 cm³/mol. The van der Waals surface area contributed by atoms with Crippen LogP contribution in [0.2, 0.25) is 0 Å². The maximum absolute atomic E-state index is 12.8. The number of carboxylic acid groups (broad SMARTS) is 1. The van der Waals surface area contributed by atoms with Gasteiger partial charge in [0.05, 0.1) is 14.9 Å². The third kappa shape index (κ3) is 9.56. The number of aromatic nitrogens is 1. The summed E-state index contributed by atoms with van der Waals surface area (Å²) in [7, 11) is 3.12. The number of pyridine rings is 1. The number of hydrogen-bond acceptors (Lipinski definition) is 9. The lowest BCUT2D eigenvalue weighted by molar-refractivity contribution is -0.153. The van der Waals surface area contributed by atoms with Crippen LogP contribution >= 0.6 is 57.3 Å². The molecule has 0 aliphatic rings. The third-order valence-electron chi connectivity index (χ3n) is 5.80. The summed E-state index contributed by atoms with van der Waals surface area (Å²) in [5.74, 6) is -0.152. The molecule has 3 atom stereocenters. The molecule has 1 aromatic heterocycles. The van der Waals surface area contributed by atoms with Gasteiger partial charge >= 0.3 is 11.9 Å². The molecular formula is C24H37NO4S5. The van der Waals surface area contributed by atoms with Crippen LogP contribution in [0.3, 0.4) is 0 Å². The second kappa shape index (κ2) is 14.4. The van der Waals surface area contributed by atoms with Crippen molar-refractivity contribution in [3.63, 3.8) is 0 Å². The first kappa shape index (κ1) is 31.6. The monoisotopic (exact) mass is 563 g/mol. The van der Waals surface area contributed by atoms with E-state index in [2.05, 4.69) is 4.98 Å². The van der Waals surface area contributed by atoms with E-state index in [-0.39, 0.29) is 5.97 Å². The minimum atomic E-state index is -1.10. The lowest BCUT2D eigenvalue weighted by atomic mass is 9.73.